The summed E-state index contributed by atoms with van der Waals surface area (Å²) in [6.07, 6.45) is 5.88. The second-order valence-electron chi connectivity index (χ2n) is 24.0. The Labute approximate surface area is 436 Å². The third-order valence-corrected chi connectivity index (χ3v) is 13.8. The summed E-state index contributed by atoms with van der Waals surface area (Å²) in [6.45, 7) is 31.5. The number of benzene rings is 4. The Hall–Kier alpha value is -5.74. The highest BCUT2D eigenvalue weighted by atomic mass is 16.6. The molecule has 9 heteroatoms. The molecular weight excluding hydrogens is 909 g/mol. The lowest BCUT2D eigenvalue weighted by molar-refractivity contribution is 0.00484. The minimum atomic E-state index is -0.184. The molecule has 1 aliphatic carbocycles. The van der Waals surface area contributed by atoms with Crippen molar-refractivity contribution in [3.63, 3.8) is 0 Å². The number of hydrogen-bond donors (Lipinski definition) is 0. The van der Waals surface area contributed by atoms with E-state index in [4.69, 9.17) is 43.1 Å². The minimum Gasteiger partial charge on any atom is -0.491 e. The van der Waals surface area contributed by atoms with E-state index in [1.165, 1.54) is 22.3 Å². The number of rotatable bonds is 6. The number of aromatic nitrogens is 2. The molecule has 4 aromatic carbocycles. The van der Waals surface area contributed by atoms with Crippen LogP contribution in [0.3, 0.4) is 0 Å². The van der Waals surface area contributed by atoms with Crippen molar-refractivity contribution in [3.8, 4) is 23.0 Å². The Bertz CT molecular complexity index is 2520. The number of pyridine rings is 2. The number of nitrogens with zero attached hydrogens (tertiary/aromatic N) is 2. The second-order valence-corrected chi connectivity index (χ2v) is 24.0. The van der Waals surface area contributed by atoms with Crippen molar-refractivity contribution in [2.24, 2.45) is 0 Å². The van der Waals surface area contributed by atoms with E-state index in [-0.39, 0.29) is 21.7 Å². The zero-order valence-corrected chi connectivity index (χ0v) is 45.9. The van der Waals surface area contributed by atoms with Crippen molar-refractivity contribution in [3.05, 3.63) is 175 Å². The van der Waals surface area contributed by atoms with Crippen molar-refractivity contribution in [2.45, 2.75) is 144 Å². The third-order valence-electron chi connectivity index (χ3n) is 13.8. The van der Waals surface area contributed by atoms with Crippen molar-refractivity contribution < 1.29 is 33.2 Å². The summed E-state index contributed by atoms with van der Waals surface area (Å²) in [5, 5.41) is 0. The van der Waals surface area contributed by atoms with Crippen LogP contribution in [-0.4, -0.2) is 62.8 Å². The lowest BCUT2D eigenvalue weighted by Crippen LogP contribution is -2.19. The fourth-order valence-corrected chi connectivity index (χ4v) is 9.57. The van der Waals surface area contributed by atoms with Crippen LogP contribution in [0.4, 0.5) is 0 Å². The van der Waals surface area contributed by atoms with Crippen molar-refractivity contribution in [1.29, 1.82) is 0 Å². The molecule has 10 bridgehead atoms. The first-order chi connectivity index (χ1) is 34.7. The minimum absolute atomic E-state index is 0.179. The van der Waals surface area contributed by atoms with Crippen LogP contribution in [0.15, 0.2) is 97.3 Å². The summed E-state index contributed by atoms with van der Waals surface area (Å²) >= 11 is 0. The van der Waals surface area contributed by atoms with Gasteiger partial charge in [-0.15, -0.1) is 0 Å². The van der Waals surface area contributed by atoms with Crippen LogP contribution in [0.25, 0.3) is 0 Å². The Morgan fingerprint density at radius 3 is 0.904 bits per heavy atom. The monoisotopic (exact) mass is 989 g/mol. The van der Waals surface area contributed by atoms with E-state index < -0.39 is 0 Å². The van der Waals surface area contributed by atoms with Gasteiger partial charge >= 0.3 is 0 Å². The van der Waals surface area contributed by atoms with Gasteiger partial charge in [0, 0.05) is 38.1 Å². The highest BCUT2D eigenvalue weighted by Crippen LogP contribution is 2.45. The normalized spacial score (nSPS) is 15.5. The Morgan fingerprint density at radius 1 is 0.370 bits per heavy atom. The Balaban J connectivity index is 1.48. The molecule has 2 aliphatic rings. The van der Waals surface area contributed by atoms with Gasteiger partial charge in [0.05, 0.1) is 51.0 Å². The standard InChI is InChI=1S/C64H80N2O7/c1-61(2,3)51-33-43-29-47-37-53(63(7,8)9)39-49(59(47)72-41-55-17-13-15-19-65-55)31-45-35-52(62(4,5)6)36-46-32-50-40-54(64(10,11)12)38-48(60(50)73-42-56-18-14-16-20-66-56)30-44(34-51)57(43)70-27-25-68-23-21-67-22-24-69-26-28-71-58(45)46/h13-20,33-40H,21-32,41-42H2,1-12H3. The van der Waals surface area contributed by atoms with Gasteiger partial charge in [-0.25, -0.2) is 0 Å². The second kappa shape index (κ2) is 22.8. The molecule has 0 saturated carbocycles. The van der Waals surface area contributed by atoms with Crippen LogP contribution in [0.1, 0.15) is 161 Å². The van der Waals surface area contributed by atoms with Gasteiger partial charge in [0.25, 0.3) is 0 Å². The van der Waals surface area contributed by atoms with Crippen molar-refractivity contribution in [1.82, 2.24) is 9.97 Å². The van der Waals surface area contributed by atoms with Crippen LogP contribution in [0, 0.1) is 0 Å². The summed E-state index contributed by atoms with van der Waals surface area (Å²) < 4.78 is 46.8. The lowest BCUT2D eigenvalue weighted by atomic mass is 9.79. The maximum Gasteiger partial charge on any atom is 0.130 e. The molecule has 1 aliphatic heterocycles. The van der Waals surface area contributed by atoms with E-state index in [1.54, 1.807) is 0 Å². The zero-order chi connectivity index (χ0) is 52.0. The molecule has 3 heterocycles. The third kappa shape index (κ3) is 13.9. The molecule has 73 heavy (non-hydrogen) atoms. The van der Waals surface area contributed by atoms with Gasteiger partial charge in [-0.2, -0.15) is 0 Å². The number of fused-ring (bicyclic) bond motifs is 2. The summed E-state index contributed by atoms with van der Waals surface area (Å²) in [5.41, 5.74) is 14.6. The van der Waals surface area contributed by atoms with Crippen LogP contribution in [0.2, 0.25) is 0 Å². The van der Waals surface area contributed by atoms with E-state index in [9.17, 15) is 0 Å². The molecule has 6 aromatic rings. The maximum absolute atomic E-state index is 7.17. The molecule has 0 amide bonds. The average Bonchev–Trinajstić information content (AvgIpc) is 3.32. The first-order valence-corrected chi connectivity index (χ1v) is 26.4. The number of ether oxygens (including phenoxy) is 7. The summed E-state index contributed by atoms with van der Waals surface area (Å²) in [4.78, 5) is 9.43. The highest BCUT2D eigenvalue weighted by Gasteiger charge is 2.30. The Kier molecular flexibility index (Phi) is 16.7. The predicted molar refractivity (Wildman–Crippen MR) is 292 cm³/mol. The first-order valence-electron chi connectivity index (χ1n) is 26.4. The zero-order valence-electron chi connectivity index (χ0n) is 45.9. The molecule has 0 atom stereocenters. The van der Waals surface area contributed by atoms with Gasteiger partial charge in [0.2, 0.25) is 0 Å². The van der Waals surface area contributed by atoms with E-state index in [0.717, 1.165) is 78.9 Å². The van der Waals surface area contributed by atoms with E-state index in [0.29, 0.717) is 91.8 Å². The molecule has 0 fully saturated rings. The van der Waals surface area contributed by atoms with Gasteiger partial charge in [0.15, 0.2) is 0 Å². The van der Waals surface area contributed by atoms with E-state index >= 15 is 0 Å². The molecule has 388 valence electrons. The summed E-state index contributed by atoms with van der Waals surface area (Å²) in [5.74, 6) is 3.41. The highest BCUT2D eigenvalue weighted by molar-refractivity contribution is 5.60. The molecule has 0 saturated heterocycles. The molecule has 2 aromatic heterocycles. The van der Waals surface area contributed by atoms with E-state index in [1.807, 2.05) is 48.8 Å². The molecule has 0 radical (unpaired) electrons. The predicted octanol–water partition coefficient (Wildman–Crippen LogP) is 13.3. The van der Waals surface area contributed by atoms with Gasteiger partial charge in [-0.1, -0.05) is 144 Å². The summed E-state index contributed by atoms with van der Waals surface area (Å²) in [7, 11) is 0. The molecule has 0 N–H and O–H groups in total. The first kappa shape index (κ1) is 53.5. The van der Waals surface area contributed by atoms with Gasteiger partial charge in [-0.3, -0.25) is 9.97 Å². The summed E-state index contributed by atoms with van der Waals surface area (Å²) in [6, 6.07) is 30.9. The smallest absolute Gasteiger partial charge is 0.130 e. The van der Waals surface area contributed by atoms with Gasteiger partial charge < -0.3 is 33.2 Å². The molecule has 0 spiro atoms. The van der Waals surface area contributed by atoms with Crippen LogP contribution >= 0.6 is 0 Å². The van der Waals surface area contributed by atoms with Crippen LogP contribution in [-0.2, 0) is 74.8 Å². The van der Waals surface area contributed by atoms with Crippen LogP contribution < -0.4 is 18.9 Å². The van der Waals surface area contributed by atoms with Gasteiger partial charge in [0.1, 0.15) is 49.4 Å². The quantitative estimate of drug-likeness (QED) is 0.162. The average molecular weight is 989 g/mol. The van der Waals surface area contributed by atoms with E-state index in [2.05, 4.69) is 132 Å². The molecular formula is C64H80N2O7. The molecule has 9 nitrogen and oxygen atoms in total. The molecule has 0 unspecified atom stereocenters. The molecule has 8 rings (SSSR count). The maximum atomic E-state index is 7.17. The van der Waals surface area contributed by atoms with Crippen LogP contribution in [0.5, 0.6) is 23.0 Å². The van der Waals surface area contributed by atoms with Gasteiger partial charge in [-0.05, 0) is 113 Å². The van der Waals surface area contributed by atoms with Crippen molar-refractivity contribution >= 4 is 0 Å². The SMILES string of the molecule is CC(C)(C)c1cc2c3c(c1)Cc1cc(C(C)(C)C)cc(c1OCc1ccccn1)Cc1cc(C(C)(C)C)cc(c1OCCOCCOCCOCCO3)Cc1cc(C(C)(C)C)cc(c1OCc1ccccn1)C2. The largest absolute Gasteiger partial charge is 0.491 e. The fraction of sp³-hybridized carbons (Fsp3) is 0.469. The fourth-order valence-electron chi connectivity index (χ4n) is 9.57. The number of hydrogen-bond acceptors (Lipinski definition) is 9. The van der Waals surface area contributed by atoms with Crippen molar-refractivity contribution in [2.75, 3.05) is 52.9 Å². The Morgan fingerprint density at radius 2 is 0.644 bits per heavy atom. The lowest BCUT2D eigenvalue weighted by Gasteiger charge is -2.29. The topological polar surface area (TPSA) is 90.4 Å².